The van der Waals surface area contributed by atoms with Crippen molar-refractivity contribution in [1.29, 1.82) is 0 Å². The molecule has 0 fully saturated rings. The van der Waals surface area contributed by atoms with Gasteiger partial charge in [0.25, 0.3) is 5.91 Å². The van der Waals surface area contributed by atoms with Crippen molar-refractivity contribution in [1.82, 2.24) is 5.32 Å². The van der Waals surface area contributed by atoms with Gasteiger partial charge in [0.05, 0.1) is 18.4 Å². The highest BCUT2D eigenvalue weighted by molar-refractivity contribution is 7.90. The number of carboxylic acids is 1. The van der Waals surface area contributed by atoms with Crippen molar-refractivity contribution in [2.45, 2.75) is 12.5 Å². The Labute approximate surface area is 122 Å². The van der Waals surface area contributed by atoms with Crippen LogP contribution in [0.2, 0.25) is 0 Å². The second-order valence-electron chi connectivity index (χ2n) is 4.48. The molecule has 0 heterocycles. The minimum Gasteiger partial charge on any atom is -0.496 e. The first-order valence-corrected chi connectivity index (χ1v) is 8.15. The van der Waals surface area contributed by atoms with Crippen molar-refractivity contribution < 1.29 is 27.9 Å². The quantitative estimate of drug-likeness (QED) is 0.749. The number of carbonyl (C=O) groups is 2. The van der Waals surface area contributed by atoms with Crippen molar-refractivity contribution in [3.8, 4) is 5.75 Å². The molecule has 116 valence electrons. The first kappa shape index (κ1) is 17.0. The van der Waals surface area contributed by atoms with Gasteiger partial charge in [0, 0.05) is 6.26 Å². The van der Waals surface area contributed by atoms with Crippen molar-refractivity contribution in [3.63, 3.8) is 0 Å². The summed E-state index contributed by atoms with van der Waals surface area (Å²) in [5.41, 5.74) is 0.186. The molecule has 0 unspecified atom stereocenters. The van der Waals surface area contributed by atoms with Crippen LogP contribution in [0.3, 0.4) is 0 Å². The van der Waals surface area contributed by atoms with Crippen LogP contribution in [0.25, 0.3) is 0 Å². The summed E-state index contributed by atoms with van der Waals surface area (Å²) in [5.74, 6) is -1.94. The van der Waals surface area contributed by atoms with E-state index < -0.39 is 27.8 Å². The SMILES string of the molecule is COc1ccccc1C(=O)N[C@@H](CCS(C)(=O)=O)C(=O)O. The highest BCUT2D eigenvalue weighted by Crippen LogP contribution is 2.17. The van der Waals surface area contributed by atoms with Crippen LogP contribution in [-0.2, 0) is 14.6 Å². The van der Waals surface area contributed by atoms with Gasteiger partial charge in [-0.3, -0.25) is 4.79 Å². The molecule has 0 radical (unpaired) electrons. The number of methoxy groups -OCH3 is 1. The van der Waals surface area contributed by atoms with E-state index in [2.05, 4.69) is 5.32 Å². The summed E-state index contributed by atoms with van der Waals surface area (Å²) in [7, 11) is -1.91. The summed E-state index contributed by atoms with van der Waals surface area (Å²) in [6.07, 6.45) is 0.809. The number of rotatable bonds is 7. The van der Waals surface area contributed by atoms with Gasteiger partial charge in [-0.05, 0) is 18.6 Å². The lowest BCUT2D eigenvalue weighted by Crippen LogP contribution is -2.42. The van der Waals surface area contributed by atoms with Crippen LogP contribution < -0.4 is 10.1 Å². The van der Waals surface area contributed by atoms with Crippen molar-refractivity contribution in [2.75, 3.05) is 19.1 Å². The molecule has 7 nitrogen and oxygen atoms in total. The van der Waals surface area contributed by atoms with Crippen LogP contribution in [0.4, 0.5) is 0 Å². The van der Waals surface area contributed by atoms with Gasteiger partial charge in [-0.25, -0.2) is 13.2 Å². The Balaban J connectivity index is 2.84. The normalized spacial score (nSPS) is 12.5. The zero-order valence-electron chi connectivity index (χ0n) is 11.7. The van der Waals surface area contributed by atoms with E-state index in [4.69, 9.17) is 9.84 Å². The van der Waals surface area contributed by atoms with Crippen LogP contribution in [0.1, 0.15) is 16.8 Å². The first-order chi connectivity index (χ1) is 9.74. The largest absolute Gasteiger partial charge is 0.496 e. The average Bonchev–Trinajstić information content (AvgIpc) is 2.41. The Kier molecular flexibility index (Phi) is 5.71. The molecule has 0 aliphatic heterocycles. The van der Waals surface area contributed by atoms with Gasteiger partial charge in [-0.2, -0.15) is 0 Å². The first-order valence-electron chi connectivity index (χ1n) is 6.09. The van der Waals surface area contributed by atoms with E-state index in [0.29, 0.717) is 5.75 Å². The van der Waals surface area contributed by atoms with Gasteiger partial charge < -0.3 is 15.2 Å². The lowest BCUT2D eigenvalue weighted by molar-refractivity contribution is -0.139. The van der Waals surface area contributed by atoms with Gasteiger partial charge >= 0.3 is 5.97 Å². The second-order valence-corrected chi connectivity index (χ2v) is 6.74. The monoisotopic (exact) mass is 315 g/mol. The van der Waals surface area contributed by atoms with Gasteiger partial charge in [0.15, 0.2) is 0 Å². The summed E-state index contributed by atoms with van der Waals surface area (Å²) in [6.45, 7) is 0. The molecule has 1 atom stereocenters. The fourth-order valence-corrected chi connectivity index (χ4v) is 2.32. The molecule has 1 rings (SSSR count). The Hall–Kier alpha value is -2.09. The van der Waals surface area contributed by atoms with Crippen molar-refractivity contribution >= 4 is 21.7 Å². The number of aliphatic carboxylic acids is 1. The predicted octanol–water partition coefficient (Wildman–Crippen LogP) is 0.313. The maximum atomic E-state index is 12.1. The van der Waals surface area contributed by atoms with E-state index in [0.717, 1.165) is 6.26 Å². The molecule has 0 bridgehead atoms. The fourth-order valence-electron chi connectivity index (χ4n) is 1.66. The third-order valence-electron chi connectivity index (χ3n) is 2.73. The number of para-hydroxylation sites is 1. The number of amides is 1. The summed E-state index contributed by atoms with van der Waals surface area (Å²) in [6, 6.07) is 5.07. The number of ether oxygens (including phenoxy) is 1. The number of carbonyl (C=O) groups excluding carboxylic acids is 1. The van der Waals surface area contributed by atoms with Crippen LogP contribution in [-0.4, -0.2) is 50.6 Å². The molecule has 0 aromatic heterocycles. The molecule has 0 spiro atoms. The van der Waals surface area contributed by atoms with E-state index in [1.54, 1.807) is 18.2 Å². The lowest BCUT2D eigenvalue weighted by Gasteiger charge is -2.15. The Bertz CT molecular complexity index is 625. The number of hydrogen-bond acceptors (Lipinski definition) is 5. The van der Waals surface area contributed by atoms with E-state index in [-0.39, 0.29) is 17.7 Å². The lowest BCUT2D eigenvalue weighted by atomic mass is 10.1. The molecule has 0 aliphatic carbocycles. The average molecular weight is 315 g/mol. The highest BCUT2D eigenvalue weighted by atomic mass is 32.2. The summed E-state index contributed by atoms with van der Waals surface area (Å²) in [5, 5.41) is 11.3. The van der Waals surface area contributed by atoms with Crippen LogP contribution >= 0.6 is 0 Å². The Morgan fingerprint density at radius 1 is 1.33 bits per heavy atom. The standard InChI is InChI=1S/C13H17NO6S/c1-20-11-6-4-3-5-9(11)12(15)14-10(13(16)17)7-8-21(2,18)19/h3-6,10H,7-8H2,1-2H3,(H,14,15)(H,16,17)/t10-/m0/s1. The number of benzene rings is 1. The molecule has 1 aromatic carbocycles. The molecule has 2 N–H and O–H groups in total. The molecule has 21 heavy (non-hydrogen) atoms. The topological polar surface area (TPSA) is 110 Å². The van der Waals surface area contributed by atoms with E-state index in [1.165, 1.54) is 13.2 Å². The van der Waals surface area contributed by atoms with Crippen molar-refractivity contribution in [3.05, 3.63) is 29.8 Å². The third kappa shape index (κ3) is 5.42. The van der Waals surface area contributed by atoms with Gasteiger partial charge in [-0.1, -0.05) is 12.1 Å². The molecule has 8 heteroatoms. The number of sulfone groups is 1. The maximum absolute atomic E-state index is 12.1. The van der Waals surface area contributed by atoms with E-state index in [1.807, 2.05) is 0 Å². The smallest absolute Gasteiger partial charge is 0.326 e. The minimum atomic E-state index is -3.31. The molecule has 0 saturated carbocycles. The molecule has 0 aliphatic rings. The van der Waals surface area contributed by atoms with Crippen LogP contribution in [0, 0.1) is 0 Å². The molecule has 1 aromatic rings. The zero-order chi connectivity index (χ0) is 16.0. The van der Waals surface area contributed by atoms with E-state index >= 15 is 0 Å². The molecular weight excluding hydrogens is 298 g/mol. The third-order valence-corrected chi connectivity index (χ3v) is 3.71. The Morgan fingerprint density at radius 2 is 1.95 bits per heavy atom. The Morgan fingerprint density at radius 3 is 2.48 bits per heavy atom. The number of hydrogen-bond donors (Lipinski definition) is 2. The van der Waals surface area contributed by atoms with Gasteiger partial charge in [0.2, 0.25) is 0 Å². The molecule has 1 amide bonds. The number of carboxylic acid groups (broad SMARTS) is 1. The predicted molar refractivity (Wildman–Crippen MR) is 76.2 cm³/mol. The minimum absolute atomic E-state index is 0.186. The summed E-state index contributed by atoms with van der Waals surface area (Å²) >= 11 is 0. The maximum Gasteiger partial charge on any atom is 0.326 e. The van der Waals surface area contributed by atoms with Gasteiger partial charge in [-0.15, -0.1) is 0 Å². The van der Waals surface area contributed by atoms with Crippen LogP contribution in [0.15, 0.2) is 24.3 Å². The summed E-state index contributed by atoms with van der Waals surface area (Å²) in [4.78, 5) is 23.2. The summed E-state index contributed by atoms with van der Waals surface area (Å²) < 4.78 is 27.2. The fraction of sp³-hybridized carbons (Fsp3) is 0.385. The van der Waals surface area contributed by atoms with Gasteiger partial charge in [0.1, 0.15) is 21.6 Å². The molecule has 0 saturated heterocycles. The van der Waals surface area contributed by atoms with Crippen LogP contribution in [0.5, 0.6) is 5.75 Å². The number of nitrogens with one attached hydrogen (secondary N) is 1. The second kappa shape index (κ2) is 7.07. The van der Waals surface area contributed by atoms with Crippen molar-refractivity contribution in [2.24, 2.45) is 0 Å². The zero-order valence-corrected chi connectivity index (χ0v) is 12.5. The highest BCUT2D eigenvalue weighted by Gasteiger charge is 2.23. The molecular formula is C13H17NO6S. The van der Waals surface area contributed by atoms with E-state index in [9.17, 15) is 18.0 Å².